The van der Waals surface area contributed by atoms with Crippen LogP contribution in [0.1, 0.15) is 49.9 Å². The first kappa shape index (κ1) is 21.5. The zero-order valence-corrected chi connectivity index (χ0v) is 18.7. The molecule has 0 radical (unpaired) electrons. The van der Waals surface area contributed by atoms with Crippen molar-refractivity contribution in [2.75, 3.05) is 33.3 Å². The molecule has 0 saturated heterocycles. The molecule has 3 atom stereocenters. The Morgan fingerprint density at radius 1 is 1.39 bits per heavy atom. The van der Waals surface area contributed by atoms with Gasteiger partial charge in [0.2, 0.25) is 5.88 Å². The van der Waals surface area contributed by atoms with Crippen molar-refractivity contribution in [3.63, 3.8) is 0 Å². The quantitative estimate of drug-likeness (QED) is 0.716. The van der Waals surface area contributed by atoms with Gasteiger partial charge in [-0.1, -0.05) is 19.8 Å². The van der Waals surface area contributed by atoms with E-state index in [1.54, 1.807) is 17.2 Å². The van der Waals surface area contributed by atoms with Crippen LogP contribution in [0.2, 0.25) is 0 Å². The second-order valence-electron chi connectivity index (χ2n) is 8.50. The van der Waals surface area contributed by atoms with E-state index < -0.39 is 0 Å². The molecule has 3 rings (SSSR count). The van der Waals surface area contributed by atoms with Crippen molar-refractivity contribution in [1.29, 1.82) is 0 Å². The lowest BCUT2D eigenvalue weighted by Gasteiger charge is -2.38. The van der Waals surface area contributed by atoms with Gasteiger partial charge in [0.15, 0.2) is 0 Å². The fraction of sp³-hybridized carbons (Fsp3) is 0.714. The number of hydrogen-bond donors (Lipinski definition) is 1. The van der Waals surface area contributed by atoms with E-state index in [4.69, 9.17) is 4.74 Å². The van der Waals surface area contributed by atoms with E-state index in [2.05, 4.69) is 39.8 Å². The van der Waals surface area contributed by atoms with Crippen LogP contribution in [0, 0.1) is 11.8 Å². The van der Waals surface area contributed by atoms with Crippen molar-refractivity contribution in [2.45, 2.75) is 51.7 Å². The third-order valence-electron chi connectivity index (χ3n) is 6.02. The Bertz CT molecular complexity index is 681. The highest BCUT2D eigenvalue weighted by Gasteiger charge is 2.34. The lowest BCUT2D eigenvalue weighted by molar-refractivity contribution is 0.0319. The molecule has 2 heterocycles. The smallest absolute Gasteiger partial charge is 0.259 e. The highest BCUT2D eigenvalue weighted by Crippen LogP contribution is 2.29. The molecule has 6 nitrogen and oxygen atoms in total. The van der Waals surface area contributed by atoms with Crippen LogP contribution >= 0.6 is 15.9 Å². The summed E-state index contributed by atoms with van der Waals surface area (Å²) in [5, 5.41) is 9.67. The molecular formula is C21H32BrN3O3. The predicted molar refractivity (Wildman–Crippen MR) is 113 cm³/mol. The number of fused-ring (bicyclic) bond motifs is 1. The number of amides is 1. The molecule has 0 bridgehead atoms. The van der Waals surface area contributed by atoms with Gasteiger partial charge in [-0.05, 0) is 54.7 Å². The van der Waals surface area contributed by atoms with Crippen molar-refractivity contribution in [1.82, 2.24) is 14.8 Å². The molecule has 1 fully saturated rings. The van der Waals surface area contributed by atoms with Crippen molar-refractivity contribution in [3.8, 4) is 5.88 Å². The Kier molecular flexibility index (Phi) is 7.34. The van der Waals surface area contributed by atoms with Crippen molar-refractivity contribution in [3.05, 3.63) is 22.3 Å². The number of aromatic nitrogens is 1. The molecule has 0 aromatic carbocycles. The van der Waals surface area contributed by atoms with Gasteiger partial charge < -0.3 is 19.6 Å². The highest BCUT2D eigenvalue weighted by atomic mass is 79.9. The molecule has 0 unspecified atom stereocenters. The third-order valence-corrected chi connectivity index (χ3v) is 6.46. The van der Waals surface area contributed by atoms with Crippen LogP contribution in [0.15, 0.2) is 16.7 Å². The van der Waals surface area contributed by atoms with E-state index in [9.17, 15) is 9.90 Å². The van der Waals surface area contributed by atoms with E-state index in [0.29, 0.717) is 18.0 Å². The number of halogens is 1. The average molecular weight is 454 g/mol. The topological polar surface area (TPSA) is 65.9 Å². The number of hydrogen-bond acceptors (Lipinski definition) is 5. The number of likely N-dealkylation sites (N-methyl/N-ethyl adjacent to an activating group) is 1. The predicted octanol–water partition coefficient (Wildman–Crippen LogP) is 3.19. The summed E-state index contributed by atoms with van der Waals surface area (Å²) in [6, 6.07) is 1.51. The molecule has 7 heteroatoms. The molecule has 0 spiro atoms. The molecule has 1 aliphatic heterocycles. The van der Waals surface area contributed by atoms with Crippen LogP contribution in [0.3, 0.4) is 0 Å². The Morgan fingerprint density at radius 2 is 2.11 bits per heavy atom. The Morgan fingerprint density at radius 3 is 2.79 bits per heavy atom. The van der Waals surface area contributed by atoms with E-state index >= 15 is 0 Å². The summed E-state index contributed by atoms with van der Waals surface area (Å²) in [5.74, 6) is 1.15. The summed E-state index contributed by atoms with van der Waals surface area (Å²) in [6.45, 7) is 6.35. The molecule has 1 N–H and O–H groups in total. The molecule has 2 aliphatic rings. The number of nitrogens with zero attached hydrogens (tertiary/aromatic N) is 3. The van der Waals surface area contributed by atoms with E-state index in [-0.39, 0.29) is 30.6 Å². The monoisotopic (exact) mass is 453 g/mol. The van der Waals surface area contributed by atoms with E-state index in [0.717, 1.165) is 23.5 Å². The zero-order chi connectivity index (χ0) is 20.3. The maximum Gasteiger partial charge on any atom is 0.259 e. The largest absolute Gasteiger partial charge is 0.472 e. The molecular weight excluding hydrogens is 422 g/mol. The second-order valence-corrected chi connectivity index (χ2v) is 9.42. The molecule has 1 amide bonds. The first-order valence-corrected chi connectivity index (χ1v) is 11.1. The first-order chi connectivity index (χ1) is 13.4. The van der Waals surface area contributed by atoms with Crippen LogP contribution in [0.25, 0.3) is 0 Å². The van der Waals surface area contributed by atoms with Crippen molar-refractivity contribution >= 4 is 21.8 Å². The average Bonchev–Trinajstić information content (AvgIpc) is 3.17. The number of aliphatic hydroxyl groups excluding tert-OH is 1. The molecule has 1 aliphatic carbocycles. The highest BCUT2D eigenvalue weighted by molar-refractivity contribution is 9.10. The van der Waals surface area contributed by atoms with Crippen LogP contribution in [0.5, 0.6) is 5.88 Å². The van der Waals surface area contributed by atoms with Gasteiger partial charge in [-0.2, -0.15) is 0 Å². The number of ether oxygens (including phenoxy) is 1. The zero-order valence-electron chi connectivity index (χ0n) is 17.1. The molecule has 1 saturated carbocycles. The number of carbonyl (C=O) groups excluding carboxylic acids is 1. The Hall–Kier alpha value is -1.18. The van der Waals surface area contributed by atoms with Crippen LogP contribution in [-0.2, 0) is 0 Å². The first-order valence-electron chi connectivity index (χ1n) is 10.3. The Balaban J connectivity index is 1.82. The van der Waals surface area contributed by atoms with Gasteiger partial charge in [-0.25, -0.2) is 4.98 Å². The van der Waals surface area contributed by atoms with Crippen molar-refractivity contribution in [2.24, 2.45) is 11.8 Å². The number of carbonyl (C=O) groups is 1. The molecule has 156 valence electrons. The number of aliphatic hydroxyl groups is 1. The Labute approximate surface area is 176 Å². The minimum absolute atomic E-state index is 0.0671. The minimum atomic E-state index is -0.253. The maximum absolute atomic E-state index is 13.1. The van der Waals surface area contributed by atoms with Crippen LogP contribution in [-0.4, -0.2) is 71.2 Å². The van der Waals surface area contributed by atoms with Gasteiger partial charge in [-0.15, -0.1) is 0 Å². The number of pyridine rings is 1. The van der Waals surface area contributed by atoms with E-state index in [1.807, 2.05) is 6.92 Å². The summed E-state index contributed by atoms with van der Waals surface area (Å²) in [5.41, 5.74) is 0.449. The van der Waals surface area contributed by atoms with Gasteiger partial charge >= 0.3 is 0 Å². The van der Waals surface area contributed by atoms with Gasteiger partial charge in [0.1, 0.15) is 11.7 Å². The summed E-state index contributed by atoms with van der Waals surface area (Å²) in [6.07, 6.45) is 6.92. The summed E-state index contributed by atoms with van der Waals surface area (Å²) >= 11 is 3.41. The van der Waals surface area contributed by atoms with Gasteiger partial charge in [0.05, 0.1) is 12.6 Å². The summed E-state index contributed by atoms with van der Waals surface area (Å²) in [7, 11) is 2.16. The summed E-state index contributed by atoms with van der Waals surface area (Å²) in [4.78, 5) is 21.6. The van der Waals surface area contributed by atoms with Gasteiger partial charge in [0.25, 0.3) is 5.91 Å². The fourth-order valence-electron chi connectivity index (χ4n) is 4.31. The van der Waals surface area contributed by atoms with Gasteiger partial charge in [-0.3, -0.25) is 4.79 Å². The van der Waals surface area contributed by atoms with Gasteiger partial charge in [0, 0.05) is 36.2 Å². The summed E-state index contributed by atoms with van der Waals surface area (Å²) < 4.78 is 7.03. The van der Waals surface area contributed by atoms with E-state index in [1.165, 1.54) is 25.7 Å². The lowest BCUT2D eigenvalue weighted by Crippen LogP contribution is -2.50. The fourth-order valence-corrected chi connectivity index (χ4v) is 4.64. The minimum Gasteiger partial charge on any atom is -0.472 e. The molecule has 1 aromatic rings. The molecule has 28 heavy (non-hydrogen) atoms. The lowest BCUT2D eigenvalue weighted by atomic mass is 9.99. The normalized spacial score (nSPS) is 24.6. The number of rotatable bonds is 6. The van der Waals surface area contributed by atoms with Crippen LogP contribution in [0.4, 0.5) is 0 Å². The molecule has 1 aromatic heterocycles. The van der Waals surface area contributed by atoms with Crippen LogP contribution < -0.4 is 4.74 Å². The SMILES string of the molecule is C[C@@H]1CN([C@H](C)CO)C(=O)c2cc(Br)cnc2O[C@H]1CN(C)CC1CCCC1. The second kappa shape index (κ2) is 9.55. The maximum atomic E-state index is 13.1. The van der Waals surface area contributed by atoms with Crippen molar-refractivity contribution < 1.29 is 14.6 Å². The standard InChI is InChI=1S/C21H32BrN3O3/c1-14-10-25(15(2)13-26)21(27)18-8-17(22)9-23-20(18)28-19(14)12-24(3)11-16-6-4-5-7-16/h8-9,14-16,19,26H,4-7,10-13H2,1-3H3/t14-,15-,19+/m1/s1. The third kappa shape index (κ3) is 5.05.